The molecule has 2 heterocycles. The number of carbonyl (C=O) groups excluding carboxylic acids is 1. The van der Waals surface area contributed by atoms with Gasteiger partial charge in [-0.15, -0.1) is 10.2 Å². The lowest BCUT2D eigenvalue weighted by Gasteiger charge is -2.14. The normalized spacial score (nSPS) is 12.0. The van der Waals surface area contributed by atoms with Gasteiger partial charge in [0.1, 0.15) is 11.6 Å². The molecule has 1 N–H and O–H groups in total. The molecule has 0 bridgehead atoms. The Morgan fingerprint density at radius 1 is 1.21 bits per heavy atom. The number of nitriles is 1. The minimum absolute atomic E-state index is 0.194. The summed E-state index contributed by atoms with van der Waals surface area (Å²) < 4.78 is 1.98. The number of para-hydroxylation sites is 2. The van der Waals surface area contributed by atoms with Crippen LogP contribution in [0.25, 0.3) is 22.1 Å². The molecule has 0 aliphatic carbocycles. The smallest absolute Gasteiger partial charge is 0.238 e. The third-order valence-corrected chi connectivity index (χ3v) is 5.92. The first-order chi connectivity index (χ1) is 14.1. The molecule has 0 aliphatic heterocycles. The first-order valence-electron chi connectivity index (χ1n) is 9.17. The minimum atomic E-state index is -0.407. The average Bonchev–Trinajstić information content (AvgIpc) is 3.04. The molecule has 0 radical (unpaired) electrons. The molecule has 1 amide bonds. The number of rotatable bonds is 5. The maximum atomic E-state index is 12.8. The van der Waals surface area contributed by atoms with Crippen molar-refractivity contribution in [3.05, 3.63) is 54.1 Å². The Morgan fingerprint density at radius 3 is 2.76 bits per heavy atom. The highest BCUT2D eigenvalue weighted by molar-refractivity contribution is 8.00. The molecule has 0 aliphatic rings. The number of aryl methyl sites for hydroxylation is 1. The van der Waals surface area contributed by atoms with Crippen molar-refractivity contribution in [2.75, 3.05) is 5.32 Å². The van der Waals surface area contributed by atoms with Gasteiger partial charge in [0.05, 0.1) is 22.0 Å². The fraction of sp³-hybridized carbons (Fsp3) is 0.190. The van der Waals surface area contributed by atoms with Crippen LogP contribution in [-0.2, 0) is 11.8 Å². The third kappa shape index (κ3) is 3.52. The fourth-order valence-corrected chi connectivity index (χ4v) is 4.01. The van der Waals surface area contributed by atoms with E-state index < -0.39 is 5.25 Å². The van der Waals surface area contributed by atoms with Crippen LogP contribution < -0.4 is 5.32 Å². The number of amides is 1. The van der Waals surface area contributed by atoms with E-state index >= 15 is 0 Å². The van der Waals surface area contributed by atoms with E-state index in [0.29, 0.717) is 22.8 Å². The van der Waals surface area contributed by atoms with Crippen molar-refractivity contribution < 1.29 is 4.79 Å². The molecule has 8 heteroatoms. The second-order valence-electron chi connectivity index (χ2n) is 6.50. The van der Waals surface area contributed by atoms with Crippen LogP contribution in [0.5, 0.6) is 0 Å². The summed E-state index contributed by atoms with van der Waals surface area (Å²) in [5.74, 6) is -0.194. The second kappa shape index (κ2) is 7.89. The molecule has 0 fully saturated rings. The van der Waals surface area contributed by atoms with E-state index in [-0.39, 0.29) is 5.91 Å². The number of carbonyl (C=O) groups is 1. The zero-order valence-corrected chi connectivity index (χ0v) is 16.8. The molecule has 0 saturated heterocycles. The van der Waals surface area contributed by atoms with Crippen molar-refractivity contribution in [2.45, 2.75) is 23.8 Å². The quantitative estimate of drug-likeness (QED) is 0.509. The molecular weight excluding hydrogens is 384 g/mol. The molecule has 4 rings (SSSR count). The monoisotopic (exact) mass is 402 g/mol. The van der Waals surface area contributed by atoms with Gasteiger partial charge < -0.3 is 9.88 Å². The summed E-state index contributed by atoms with van der Waals surface area (Å²) in [6.07, 6.45) is 0.585. The Hall–Kier alpha value is -3.44. The molecule has 29 heavy (non-hydrogen) atoms. The first kappa shape index (κ1) is 18.9. The van der Waals surface area contributed by atoms with Gasteiger partial charge in [0.2, 0.25) is 11.1 Å². The number of fused-ring (bicyclic) bond motifs is 3. The van der Waals surface area contributed by atoms with Crippen molar-refractivity contribution in [2.24, 2.45) is 7.05 Å². The van der Waals surface area contributed by atoms with Gasteiger partial charge in [-0.1, -0.05) is 49.0 Å². The molecule has 2 aromatic carbocycles. The standard InChI is InChI=1S/C21H18N6OS/c1-3-17(20(28)23-15-10-6-4-8-13(15)12-22)29-21-24-19-18(25-26-21)14-9-5-7-11-16(14)27(19)2/h4-11,17H,3H2,1-2H3,(H,23,28)/t17-/m0/s1. The van der Waals surface area contributed by atoms with E-state index in [1.165, 1.54) is 11.8 Å². The van der Waals surface area contributed by atoms with E-state index in [9.17, 15) is 10.1 Å². The zero-order chi connectivity index (χ0) is 20.4. The number of nitrogens with one attached hydrogen (secondary N) is 1. The Kier molecular flexibility index (Phi) is 5.14. The topological polar surface area (TPSA) is 96.5 Å². The van der Waals surface area contributed by atoms with Gasteiger partial charge >= 0.3 is 0 Å². The van der Waals surface area contributed by atoms with Gasteiger partial charge in [0, 0.05) is 12.4 Å². The molecule has 1 atom stereocenters. The molecule has 0 spiro atoms. The Labute approximate surface area is 171 Å². The van der Waals surface area contributed by atoms with Crippen molar-refractivity contribution in [3.8, 4) is 6.07 Å². The lowest BCUT2D eigenvalue weighted by Crippen LogP contribution is -2.25. The van der Waals surface area contributed by atoms with Crippen molar-refractivity contribution in [1.82, 2.24) is 19.7 Å². The Bertz CT molecular complexity index is 1260. The van der Waals surface area contributed by atoms with Gasteiger partial charge in [-0.05, 0) is 24.6 Å². The number of aromatic nitrogens is 4. The fourth-order valence-electron chi connectivity index (χ4n) is 3.19. The van der Waals surface area contributed by atoms with Crippen LogP contribution in [0, 0.1) is 11.3 Å². The number of thioether (sulfide) groups is 1. The largest absolute Gasteiger partial charge is 0.327 e. The predicted molar refractivity (Wildman–Crippen MR) is 114 cm³/mol. The van der Waals surface area contributed by atoms with Crippen molar-refractivity contribution >= 4 is 45.4 Å². The molecule has 0 unspecified atom stereocenters. The summed E-state index contributed by atoms with van der Waals surface area (Å²) in [4.78, 5) is 17.4. The summed E-state index contributed by atoms with van der Waals surface area (Å²) in [7, 11) is 1.94. The summed E-state index contributed by atoms with van der Waals surface area (Å²) >= 11 is 1.27. The summed E-state index contributed by atoms with van der Waals surface area (Å²) in [6.45, 7) is 1.93. The first-order valence-corrected chi connectivity index (χ1v) is 10.0. The summed E-state index contributed by atoms with van der Waals surface area (Å²) in [6, 6.07) is 17.0. The number of nitrogens with zero attached hydrogens (tertiary/aromatic N) is 5. The van der Waals surface area contributed by atoms with E-state index in [1.807, 2.05) is 42.8 Å². The van der Waals surface area contributed by atoms with Crippen LogP contribution in [-0.4, -0.2) is 30.9 Å². The zero-order valence-electron chi connectivity index (χ0n) is 16.0. The van der Waals surface area contributed by atoms with Crippen LogP contribution >= 0.6 is 11.8 Å². The van der Waals surface area contributed by atoms with Crippen molar-refractivity contribution in [1.29, 1.82) is 5.26 Å². The number of benzene rings is 2. The van der Waals surface area contributed by atoms with E-state index in [1.54, 1.807) is 24.3 Å². The maximum absolute atomic E-state index is 12.8. The highest BCUT2D eigenvalue weighted by Gasteiger charge is 2.22. The van der Waals surface area contributed by atoms with Crippen LogP contribution in [0.15, 0.2) is 53.7 Å². The SMILES string of the molecule is CC[C@H](Sc1nnc2c3ccccc3n(C)c2n1)C(=O)Nc1ccccc1C#N. The summed E-state index contributed by atoms with van der Waals surface area (Å²) in [5, 5.41) is 21.7. The second-order valence-corrected chi connectivity index (χ2v) is 7.67. The van der Waals surface area contributed by atoms with Crippen LogP contribution in [0.1, 0.15) is 18.9 Å². The number of hydrogen-bond donors (Lipinski definition) is 1. The molecule has 7 nitrogen and oxygen atoms in total. The van der Waals surface area contributed by atoms with Crippen molar-refractivity contribution in [3.63, 3.8) is 0 Å². The molecule has 4 aromatic rings. The Morgan fingerprint density at radius 2 is 1.97 bits per heavy atom. The van der Waals surface area contributed by atoms with Gasteiger partial charge in [-0.2, -0.15) is 5.26 Å². The summed E-state index contributed by atoms with van der Waals surface area (Å²) in [5.41, 5.74) is 3.43. The lowest BCUT2D eigenvalue weighted by atomic mass is 10.2. The predicted octanol–water partition coefficient (Wildman–Crippen LogP) is 3.90. The maximum Gasteiger partial charge on any atom is 0.238 e. The molecule has 0 saturated carbocycles. The highest BCUT2D eigenvalue weighted by atomic mass is 32.2. The molecular formula is C21H18N6OS. The van der Waals surface area contributed by atoms with Crippen LogP contribution in [0.2, 0.25) is 0 Å². The van der Waals surface area contributed by atoms with Gasteiger partial charge in [-0.25, -0.2) is 4.98 Å². The van der Waals surface area contributed by atoms with Crippen LogP contribution in [0.3, 0.4) is 0 Å². The van der Waals surface area contributed by atoms with Crippen LogP contribution in [0.4, 0.5) is 5.69 Å². The van der Waals surface area contributed by atoms with E-state index in [4.69, 9.17) is 0 Å². The van der Waals surface area contributed by atoms with Gasteiger partial charge in [0.15, 0.2) is 5.65 Å². The highest BCUT2D eigenvalue weighted by Crippen LogP contribution is 2.28. The van der Waals surface area contributed by atoms with Gasteiger partial charge in [0.25, 0.3) is 0 Å². The minimum Gasteiger partial charge on any atom is -0.327 e. The molecule has 2 aromatic heterocycles. The number of hydrogen-bond acceptors (Lipinski definition) is 6. The van der Waals surface area contributed by atoms with E-state index in [2.05, 4.69) is 26.6 Å². The van der Waals surface area contributed by atoms with Gasteiger partial charge in [-0.3, -0.25) is 4.79 Å². The third-order valence-electron chi connectivity index (χ3n) is 4.70. The molecule has 144 valence electrons. The van der Waals surface area contributed by atoms with E-state index in [0.717, 1.165) is 22.1 Å². The lowest BCUT2D eigenvalue weighted by molar-refractivity contribution is -0.115. The Balaban J connectivity index is 1.60. The average molecular weight is 402 g/mol. The number of anilines is 1.